The van der Waals surface area contributed by atoms with Gasteiger partial charge in [0.1, 0.15) is 5.82 Å². The fourth-order valence-electron chi connectivity index (χ4n) is 1.94. The highest BCUT2D eigenvalue weighted by atomic mass is 32.1. The molecule has 0 aliphatic heterocycles. The maximum Gasteiger partial charge on any atom is 0.134 e. The molecule has 1 fully saturated rings. The molecule has 0 amide bonds. The second-order valence-corrected chi connectivity index (χ2v) is 5.32. The van der Waals surface area contributed by atoms with Gasteiger partial charge in [0.15, 0.2) is 0 Å². The highest BCUT2D eigenvalue weighted by Crippen LogP contribution is 2.32. The number of hydrogen-bond donors (Lipinski definition) is 2. The summed E-state index contributed by atoms with van der Waals surface area (Å²) < 4.78 is 1.28. The second-order valence-electron chi connectivity index (χ2n) is 4.37. The third kappa shape index (κ3) is 1.90. The number of rotatable bonds is 4. The lowest BCUT2D eigenvalue weighted by molar-refractivity contribution is 0.620. The van der Waals surface area contributed by atoms with Crippen LogP contribution in [0.4, 0.5) is 5.82 Å². The molecule has 0 bridgehead atoms. The molecule has 3 rings (SSSR count). The van der Waals surface area contributed by atoms with Crippen molar-refractivity contribution in [2.75, 3.05) is 11.9 Å². The Balaban J connectivity index is 1.75. The average molecular weight is 233 g/mol. The van der Waals surface area contributed by atoms with Gasteiger partial charge in [-0.3, -0.25) is 0 Å². The summed E-state index contributed by atoms with van der Waals surface area (Å²) in [5.41, 5.74) is 6.06. The van der Waals surface area contributed by atoms with Crippen molar-refractivity contribution in [1.82, 2.24) is 4.98 Å². The van der Waals surface area contributed by atoms with Crippen LogP contribution < -0.4 is 11.1 Å². The number of nitrogens with zero attached hydrogens (tertiary/aromatic N) is 1. The van der Waals surface area contributed by atoms with Gasteiger partial charge in [0.25, 0.3) is 0 Å². The summed E-state index contributed by atoms with van der Waals surface area (Å²) in [6.45, 7) is 0.826. The topological polar surface area (TPSA) is 50.9 Å². The summed E-state index contributed by atoms with van der Waals surface area (Å²) in [7, 11) is 0. The third-order valence-electron chi connectivity index (χ3n) is 3.11. The van der Waals surface area contributed by atoms with Crippen LogP contribution in [-0.2, 0) is 0 Å². The van der Waals surface area contributed by atoms with E-state index in [-0.39, 0.29) is 6.04 Å². The Morgan fingerprint density at radius 1 is 1.50 bits per heavy atom. The molecule has 84 valence electrons. The standard InChI is InChI=1S/C12H15N3S/c13-10(8-1-2-8)7-15-12-9-4-6-16-11(9)3-5-14-12/h3-6,8,10H,1-2,7,13H2,(H,14,15). The maximum absolute atomic E-state index is 6.06. The molecule has 1 aliphatic carbocycles. The Bertz CT molecular complexity index is 490. The molecule has 4 heteroatoms. The monoisotopic (exact) mass is 233 g/mol. The van der Waals surface area contributed by atoms with Gasteiger partial charge in [0.2, 0.25) is 0 Å². The van der Waals surface area contributed by atoms with Crippen LogP contribution in [0.25, 0.3) is 10.1 Å². The van der Waals surface area contributed by atoms with Crippen molar-refractivity contribution in [2.24, 2.45) is 11.7 Å². The van der Waals surface area contributed by atoms with Gasteiger partial charge >= 0.3 is 0 Å². The normalized spacial score (nSPS) is 17.6. The molecule has 1 aliphatic rings. The lowest BCUT2D eigenvalue weighted by Gasteiger charge is -2.12. The van der Waals surface area contributed by atoms with Gasteiger partial charge in [-0.2, -0.15) is 0 Å². The van der Waals surface area contributed by atoms with E-state index in [0.717, 1.165) is 18.3 Å². The first-order valence-electron chi connectivity index (χ1n) is 5.66. The van der Waals surface area contributed by atoms with Crippen LogP contribution in [0.3, 0.4) is 0 Å². The summed E-state index contributed by atoms with van der Waals surface area (Å²) in [5.74, 6) is 1.70. The molecule has 0 saturated heterocycles. The predicted octanol–water partition coefficient (Wildman–Crippen LogP) is 2.45. The fraction of sp³-hybridized carbons (Fsp3) is 0.417. The number of thiophene rings is 1. The van der Waals surface area contributed by atoms with E-state index in [1.54, 1.807) is 11.3 Å². The first kappa shape index (κ1) is 10.1. The van der Waals surface area contributed by atoms with Gasteiger partial charge in [0.05, 0.1) is 0 Å². The van der Waals surface area contributed by atoms with Crippen LogP contribution in [-0.4, -0.2) is 17.6 Å². The Kier molecular flexibility index (Phi) is 2.53. The lowest BCUT2D eigenvalue weighted by Crippen LogP contribution is -2.31. The SMILES string of the molecule is NC(CNc1nccc2sccc12)C1CC1. The number of nitrogens with one attached hydrogen (secondary N) is 1. The highest BCUT2D eigenvalue weighted by Gasteiger charge is 2.28. The fourth-order valence-corrected chi connectivity index (χ4v) is 2.72. The van der Waals surface area contributed by atoms with Gasteiger partial charge in [-0.05, 0) is 36.3 Å². The van der Waals surface area contributed by atoms with Crippen LogP contribution in [0.1, 0.15) is 12.8 Å². The third-order valence-corrected chi connectivity index (χ3v) is 3.99. The lowest BCUT2D eigenvalue weighted by atomic mass is 10.2. The number of hydrogen-bond acceptors (Lipinski definition) is 4. The number of fused-ring (bicyclic) bond motifs is 1. The van der Waals surface area contributed by atoms with E-state index in [9.17, 15) is 0 Å². The summed E-state index contributed by atoms with van der Waals surface area (Å²) in [5, 5.41) is 6.67. The first-order valence-corrected chi connectivity index (χ1v) is 6.54. The van der Waals surface area contributed by atoms with Gasteiger partial charge < -0.3 is 11.1 Å². The summed E-state index contributed by atoms with van der Waals surface area (Å²) in [6, 6.07) is 4.43. The van der Waals surface area contributed by atoms with Crippen molar-refractivity contribution in [2.45, 2.75) is 18.9 Å². The van der Waals surface area contributed by atoms with Crippen LogP contribution >= 0.6 is 11.3 Å². The molecule has 0 aromatic carbocycles. The van der Waals surface area contributed by atoms with Crippen molar-refractivity contribution in [3.63, 3.8) is 0 Å². The summed E-state index contributed by atoms with van der Waals surface area (Å²) >= 11 is 1.74. The van der Waals surface area contributed by atoms with E-state index in [1.165, 1.54) is 22.9 Å². The van der Waals surface area contributed by atoms with Crippen molar-refractivity contribution in [3.8, 4) is 0 Å². The van der Waals surface area contributed by atoms with E-state index >= 15 is 0 Å². The maximum atomic E-state index is 6.06. The molecule has 1 saturated carbocycles. The zero-order chi connectivity index (χ0) is 11.0. The number of pyridine rings is 1. The number of anilines is 1. The van der Waals surface area contributed by atoms with Gasteiger partial charge in [0, 0.05) is 28.9 Å². The van der Waals surface area contributed by atoms with E-state index in [1.807, 2.05) is 12.3 Å². The molecule has 1 atom stereocenters. The Morgan fingerprint density at radius 3 is 3.19 bits per heavy atom. The quantitative estimate of drug-likeness (QED) is 0.853. The van der Waals surface area contributed by atoms with Crippen molar-refractivity contribution in [3.05, 3.63) is 23.7 Å². The van der Waals surface area contributed by atoms with Crippen LogP contribution in [0.15, 0.2) is 23.7 Å². The minimum absolute atomic E-state index is 0.274. The van der Waals surface area contributed by atoms with Crippen LogP contribution in [0.5, 0.6) is 0 Å². The molecule has 3 N–H and O–H groups in total. The number of aromatic nitrogens is 1. The van der Waals surface area contributed by atoms with Gasteiger partial charge in [-0.15, -0.1) is 11.3 Å². The molecule has 0 spiro atoms. The summed E-state index contributed by atoms with van der Waals surface area (Å²) in [6.07, 6.45) is 4.43. The molecule has 2 aromatic heterocycles. The van der Waals surface area contributed by atoms with Crippen molar-refractivity contribution >= 4 is 27.2 Å². The second kappa shape index (κ2) is 4.03. The van der Waals surface area contributed by atoms with E-state index in [4.69, 9.17) is 5.73 Å². The zero-order valence-electron chi connectivity index (χ0n) is 9.02. The first-order chi connectivity index (χ1) is 7.84. The Labute approximate surface area is 98.7 Å². The van der Waals surface area contributed by atoms with E-state index in [0.29, 0.717) is 0 Å². The molecule has 2 heterocycles. The Hall–Kier alpha value is -1.13. The smallest absolute Gasteiger partial charge is 0.134 e. The minimum Gasteiger partial charge on any atom is -0.368 e. The van der Waals surface area contributed by atoms with Gasteiger partial charge in [-0.25, -0.2) is 4.98 Å². The van der Waals surface area contributed by atoms with E-state index in [2.05, 4.69) is 21.7 Å². The minimum atomic E-state index is 0.274. The molecule has 1 unspecified atom stereocenters. The largest absolute Gasteiger partial charge is 0.368 e. The molecule has 2 aromatic rings. The van der Waals surface area contributed by atoms with Gasteiger partial charge in [-0.1, -0.05) is 0 Å². The van der Waals surface area contributed by atoms with Crippen molar-refractivity contribution < 1.29 is 0 Å². The van der Waals surface area contributed by atoms with Crippen LogP contribution in [0.2, 0.25) is 0 Å². The molecule has 0 radical (unpaired) electrons. The highest BCUT2D eigenvalue weighted by molar-refractivity contribution is 7.17. The molecule has 3 nitrogen and oxygen atoms in total. The molecular formula is C12H15N3S. The summed E-state index contributed by atoms with van der Waals surface area (Å²) in [4.78, 5) is 4.37. The number of nitrogens with two attached hydrogens (primary N) is 1. The van der Waals surface area contributed by atoms with Crippen LogP contribution in [0, 0.1) is 5.92 Å². The predicted molar refractivity (Wildman–Crippen MR) is 68.8 cm³/mol. The van der Waals surface area contributed by atoms with E-state index < -0.39 is 0 Å². The Morgan fingerprint density at radius 2 is 2.38 bits per heavy atom. The molecule has 16 heavy (non-hydrogen) atoms. The average Bonchev–Trinajstić information content (AvgIpc) is 3.04. The zero-order valence-corrected chi connectivity index (χ0v) is 9.83. The molecular weight excluding hydrogens is 218 g/mol. The van der Waals surface area contributed by atoms with Crippen molar-refractivity contribution in [1.29, 1.82) is 0 Å².